The molecule has 1 aliphatic carbocycles. The molecule has 4 nitrogen and oxygen atoms in total. The molecule has 0 spiro atoms. The number of carboxylic acids is 1. The minimum absolute atomic E-state index is 0.312. The van der Waals surface area contributed by atoms with Gasteiger partial charge in [0.2, 0.25) is 0 Å². The fourth-order valence-electron chi connectivity index (χ4n) is 4.33. The predicted molar refractivity (Wildman–Crippen MR) is 76.9 cm³/mol. The third-order valence-electron chi connectivity index (χ3n) is 5.31. The Bertz CT molecular complexity index is 625. The van der Waals surface area contributed by atoms with Crippen LogP contribution in [0.3, 0.4) is 0 Å². The largest absolute Gasteiger partial charge is 0.480 e. The van der Waals surface area contributed by atoms with Crippen molar-refractivity contribution in [1.29, 1.82) is 0 Å². The zero-order valence-electron chi connectivity index (χ0n) is 11.5. The lowest BCUT2D eigenvalue weighted by molar-refractivity contribution is -0.142. The van der Waals surface area contributed by atoms with Gasteiger partial charge in [0.05, 0.1) is 5.69 Å². The van der Waals surface area contributed by atoms with Crippen LogP contribution in [-0.4, -0.2) is 41.8 Å². The Labute approximate surface area is 118 Å². The molecule has 104 valence electrons. The molecular weight excluding hydrogens is 252 g/mol. The molecule has 2 heterocycles. The maximum atomic E-state index is 12.0. The summed E-state index contributed by atoms with van der Waals surface area (Å²) in [4.78, 5) is 18.7. The molecule has 3 aliphatic rings. The smallest absolute Gasteiger partial charge is 0.319 e. The molecule has 1 unspecified atom stereocenters. The van der Waals surface area contributed by atoms with Gasteiger partial charge >= 0.3 is 5.97 Å². The van der Waals surface area contributed by atoms with Gasteiger partial charge in [-0.25, -0.2) is 0 Å². The van der Waals surface area contributed by atoms with E-state index in [1.54, 1.807) is 6.21 Å². The van der Waals surface area contributed by atoms with Crippen LogP contribution in [0, 0.1) is 0 Å². The molecule has 1 aromatic carbocycles. The molecule has 1 saturated heterocycles. The zero-order valence-corrected chi connectivity index (χ0v) is 11.5. The molecule has 2 aliphatic heterocycles. The predicted octanol–water partition coefficient (Wildman–Crippen LogP) is 2.31. The molecule has 1 aromatic rings. The van der Waals surface area contributed by atoms with Crippen LogP contribution in [0.5, 0.6) is 0 Å². The van der Waals surface area contributed by atoms with Crippen molar-refractivity contribution in [2.75, 3.05) is 13.6 Å². The second kappa shape index (κ2) is 3.92. The highest BCUT2D eigenvalue weighted by Crippen LogP contribution is 2.52. The monoisotopic (exact) mass is 270 g/mol. The lowest BCUT2D eigenvalue weighted by Gasteiger charge is -2.47. The number of aliphatic carboxylic acids is 1. The minimum atomic E-state index is -0.904. The highest BCUT2D eigenvalue weighted by Gasteiger charge is 2.53. The van der Waals surface area contributed by atoms with Gasteiger partial charge in [-0.1, -0.05) is 12.1 Å². The maximum Gasteiger partial charge on any atom is 0.319 e. The van der Waals surface area contributed by atoms with Crippen LogP contribution in [0.15, 0.2) is 23.2 Å². The van der Waals surface area contributed by atoms with E-state index < -0.39 is 11.4 Å². The summed E-state index contributed by atoms with van der Waals surface area (Å²) in [6.07, 6.45) is 4.66. The fraction of sp³-hybridized carbons (Fsp3) is 0.500. The Kier molecular flexibility index (Phi) is 2.37. The first-order valence-electron chi connectivity index (χ1n) is 7.26. The molecule has 1 fully saturated rings. The molecule has 20 heavy (non-hydrogen) atoms. The number of likely N-dealkylation sites (tertiary alicyclic amines) is 1. The van der Waals surface area contributed by atoms with Crippen molar-refractivity contribution >= 4 is 17.9 Å². The van der Waals surface area contributed by atoms with Crippen molar-refractivity contribution in [2.45, 2.75) is 36.6 Å². The van der Waals surface area contributed by atoms with Crippen molar-refractivity contribution in [3.63, 3.8) is 0 Å². The lowest BCUT2D eigenvalue weighted by atomic mass is 9.63. The van der Waals surface area contributed by atoms with Crippen molar-refractivity contribution in [1.82, 2.24) is 4.90 Å². The number of likely N-dealkylation sites (N-methyl/N-ethyl adjacent to an activating group) is 1. The summed E-state index contributed by atoms with van der Waals surface area (Å²) in [5, 5.41) is 9.84. The van der Waals surface area contributed by atoms with Gasteiger partial charge in [0.25, 0.3) is 0 Å². The Morgan fingerprint density at radius 2 is 2.35 bits per heavy atom. The second-order valence-corrected chi connectivity index (χ2v) is 6.28. The van der Waals surface area contributed by atoms with E-state index in [4.69, 9.17) is 0 Å². The molecule has 0 aromatic heterocycles. The van der Waals surface area contributed by atoms with Gasteiger partial charge in [-0.3, -0.25) is 9.79 Å². The van der Waals surface area contributed by atoms with E-state index in [0.717, 1.165) is 24.2 Å². The number of hydrogen-bond donors (Lipinski definition) is 1. The van der Waals surface area contributed by atoms with Crippen LogP contribution in [-0.2, 0) is 10.2 Å². The zero-order chi connectivity index (χ0) is 13.9. The number of carbonyl (C=O) groups is 1. The summed E-state index contributed by atoms with van der Waals surface area (Å²) in [6.45, 7) is 1.06. The molecular formula is C16H18N2O2. The number of nitrogens with zero attached hydrogens (tertiary/aromatic N) is 2. The third-order valence-corrected chi connectivity index (χ3v) is 5.31. The molecule has 4 heteroatoms. The van der Waals surface area contributed by atoms with Crippen molar-refractivity contribution in [2.24, 2.45) is 4.99 Å². The number of hydrogen-bond acceptors (Lipinski definition) is 3. The number of carboxylic acid groups (broad SMARTS) is 1. The summed E-state index contributed by atoms with van der Waals surface area (Å²) in [6, 6.07) is 6.38. The summed E-state index contributed by atoms with van der Waals surface area (Å²) in [5.74, 6) is -0.303. The number of rotatable bonds is 1. The van der Waals surface area contributed by atoms with Gasteiger partial charge in [0.1, 0.15) is 5.41 Å². The average molecular weight is 270 g/mol. The number of piperidine rings is 1. The minimum Gasteiger partial charge on any atom is -0.480 e. The van der Waals surface area contributed by atoms with Gasteiger partial charge in [0.15, 0.2) is 0 Å². The summed E-state index contributed by atoms with van der Waals surface area (Å²) in [5.41, 5.74) is 2.13. The number of benzene rings is 1. The van der Waals surface area contributed by atoms with E-state index in [1.165, 1.54) is 12.0 Å². The second-order valence-electron chi connectivity index (χ2n) is 6.28. The Hall–Kier alpha value is -1.68. The molecule has 1 N–H and O–H groups in total. The van der Waals surface area contributed by atoms with Crippen molar-refractivity contribution in [3.8, 4) is 0 Å². The highest BCUT2D eigenvalue weighted by atomic mass is 16.4. The molecule has 0 radical (unpaired) electrons. The van der Waals surface area contributed by atoms with Crippen molar-refractivity contribution < 1.29 is 9.90 Å². The van der Waals surface area contributed by atoms with E-state index >= 15 is 0 Å². The lowest BCUT2D eigenvalue weighted by Crippen LogP contribution is -2.52. The quantitative estimate of drug-likeness (QED) is 0.852. The third kappa shape index (κ3) is 1.35. The average Bonchev–Trinajstić information content (AvgIpc) is 2.82. The molecule has 3 atom stereocenters. The van der Waals surface area contributed by atoms with Crippen LogP contribution in [0.25, 0.3) is 0 Å². The summed E-state index contributed by atoms with van der Waals surface area (Å²) in [7, 11) is 2.12. The topological polar surface area (TPSA) is 52.9 Å². The van der Waals surface area contributed by atoms with Crippen LogP contribution in [0.4, 0.5) is 5.69 Å². The Morgan fingerprint density at radius 1 is 1.50 bits per heavy atom. The first-order chi connectivity index (χ1) is 9.63. The first kappa shape index (κ1) is 12.1. The molecule has 0 saturated carbocycles. The van der Waals surface area contributed by atoms with Crippen LogP contribution < -0.4 is 0 Å². The van der Waals surface area contributed by atoms with Crippen LogP contribution >= 0.6 is 0 Å². The van der Waals surface area contributed by atoms with Crippen LogP contribution in [0.1, 0.15) is 36.3 Å². The normalized spacial score (nSPS) is 34.6. The van der Waals surface area contributed by atoms with Gasteiger partial charge in [0, 0.05) is 17.8 Å². The standard InChI is InChI=1S/C16H18N2O2/c1-18-7-3-5-10-11-4-2-6-12-14(11)16(9-17-12,15(19)20)8-13(10)18/h2,4,6,9-10,13H,3,5,7-8H2,1H3,(H,19,20)/t10?,13-,16+/m1/s1. The SMILES string of the molecule is CN1CCCC2c3cccc4c3[C@@](C(=O)O)(C=N4)C[C@H]21. The number of aliphatic imine (C=N–C) groups is 1. The maximum absolute atomic E-state index is 12.0. The van der Waals surface area contributed by atoms with Gasteiger partial charge < -0.3 is 10.0 Å². The van der Waals surface area contributed by atoms with E-state index in [0.29, 0.717) is 18.4 Å². The fourth-order valence-corrected chi connectivity index (χ4v) is 4.33. The van der Waals surface area contributed by atoms with Gasteiger partial charge in [-0.2, -0.15) is 0 Å². The number of fused-ring (bicyclic) bond motifs is 2. The Morgan fingerprint density at radius 3 is 3.15 bits per heavy atom. The molecule has 0 amide bonds. The van der Waals surface area contributed by atoms with Crippen molar-refractivity contribution in [3.05, 3.63) is 29.3 Å². The van der Waals surface area contributed by atoms with E-state index in [1.807, 2.05) is 12.1 Å². The van der Waals surface area contributed by atoms with Gasteiger partial charge in [-0.05, 0) is 50.4 Å². The molecule has 0 bridgehead atoms. The van der Waals surface area contributed by atoms with E-state index in [9.17, 15) is 9.90 Å². The summed E-state index contributed by atoms with van der Waals surface area (Å²) >= 11 is 0. The van der Waals surface area contributed by atoms with Crippen LogP contribution in [0.2, 0.25) is 0 Å². The van der Waals surface area contributed by atoms with E-state index in [-0.39, 0.29) is 0 Å². The van der Waals surface area contributed by atoms with Gasteiger partial charge in [-0.15, -0.1) is 0 Å². The highest BCUT2D eigenvalue weighted by molar-refractivity contribution is 6.07. The summed E-state index contributed by atoms with van der Waals surface area (Å²) < 4.78 is 0. The Balaban J connectivity index is 1.96. The van der Waals surface area contributed by atoms with E-state index in [2.05, 4.69) is 23.0 Å². The first-order valence-corrected chi connectivity index (χ1v) is 7.26. The molecule has 4 rings (SSSR count).